The van der Waals surface area contributed by atoms with Crippen molar-refractivity contribution in [3.8, 4) is 0 Å². The third-order valence-electron chi connectivity index (χ3n) is 4.14. The molecule has 7 heteroatoms. The van der Waals surface area contributed by atoms with Crippen molar-refractivity contribution in [1.29, 1.82) is 0 Å². The van der Waals surface area contributed by atoms with Gasteiger partial charge in [-0.2, -0.15) is 4.31 Å². The molecule has 0 unspecified atom stereocenters. The van der Waals surface area contributed by atoms with Gasteiger partial charge in [-0.15, -0.1) is 11.8 Å². The molecule has 0 saturated carbocycles. The van der Waals surface area contributed by atoms with Crippen molar-refractivity contribution in [2.75, 3.05) is 32.9 Å². The van der Waals surface area contributed by atoms with Crippen molar-refractivity contribution in [3.63, 3.8) is 0 Å². The van der Waals surface area contributed by atoms with Gasteiger partial charge in [0.2, 0.25) is 15.9 Å². The quantitative estimate of drug-likeness (QED) is 0.760. The van der Waals surface area contributed by atoms with E-state index in [1.54, 1.807) is 40.9 Å². The second kappa shape index (κ2) is 7.68. The molecule has 1 amide bonds. The van der Waals surface area contributed by atoms with Gasteiger partial charge in [0, 0.05) is 25.0 Å². The standard InChI is InChI=1S/C16H24N2O3S2/c1-13-5-4-10-18(11-13)16(19)12-17(2)23(20,21)15-8-6-14(22-3)7-9-15/h6-9,13H,4-5,10-12H2,1-3H3/t13-/m0/s1. The van der Waals surface area contributed by atoms with Crippen LogP contribution in [0.15, 0.2) is 34.1 Å². The van der Waals surface area contributed by atoms with Crippen molar-refractivity contribution in [1.82, 2.24) is 9.21 Å². The smallest absolute Gasteiger partial charge is 0.243 e. The Morgan fingerprint density at radius 1 is 1.35 bits per heavy atom. The van der Waals surface area contributed by atoms with Crippen LogP contribution >= 0.6 is 11.8 Å². The Balaban J connectivity index is 2.05. The predicted octanol–water partition coefficient (Wildman–Crippen LogP) is 2.29. The first-order valence-corrected chi connectivity index (χ1v) is 10.4. The van der Waals surface area contributed by atoms with Crippen molar-refractivity contribution in [2.45, 2.75) is 29.6 Å². The highest BCUT2D eigenvalue weighted by molar-refractivity contribution is 7.98. The first-order valence-electron chi connectivity index (χ1n) is 7.72. The average Bonchev–Trinajstić information content (AvgIpc) is 2.54. The summed E-state index contributed by atoms with van der Waals surface area (Å²) >= 11 is 1.56. The lowest BCUT2D eigenvalue weighted by Crippen LogP contribution is -2.45. The number of piperidine rings is 1. The summed E-state index contributed by atoms with van der Waals surface area (Å²) in [5.74, 6) is 0.358. The molecule has 5 nitrogen and oxygen atoms in total. The molecule has 23 heavy (non-hydrogen) atoms. The molecule has 1 atom stereocenters. The molecular formula is C16H24N2O3S2. The fourth-order valence-electron chi connectivity index (χ4n) is 2.72. The van der Waals surface area contributed by atoms with E-state index in [1.807, 2.05) is 6.26 Å². The average molecular weight is 357 g/mol. The monoisotopic (exact) mass is 356 g/mol. The maximum absolute atomic E-state index is 12.6. The Morgan fingerprint density at radius 3 is 2.57 bits per heavy atom. The summed E-state index contributed by atoms with van der Waals surface area (Å²) in [7, 11) is -2.17. The van der Waals surface area contributed by atoms with Crippen LogP contribution in [0.25, 0.3) is 0 Å². The number of amides is 1. The summed E-state index contributed by atoms with van der Waals surface area (Å²) in [6.45, 7) is 3.45. The molecule has 1 aromatic carbocycles. The first kappa shape index (κ1) is 18.3. The van der Waals surface area contributed by atoms with Crippen LogP contribution in [0.4, 0.5) is 0 Å². The van der Waals surface area contributed by atoms with Gasteiger partial charge in [-0.1, -0.05) is 6.92 Å². The highest BCUT2D eigenvalue weighted by Crippen LogP contribution is 2.20. The van der Waals surface area contributed by atoms with E-state index < -0.39 is 10.0 Å². The summed E-state index contributed by atoms with van der Waals surface area (Å²) < 4.78 is 26.3. The number of sulfonamides is 1. The Morgan fingerprint density at radius 2 is 2.00 bits per heavy atom. The van der Waals surface area contributed by atoms with Crippen LogP contribution in [0.3, 0.4) is 0 Å². The molecule has 0 spiro atoms. The van der Waals surface area contributed by atoms with Crippen LogP contribution in [0.1, 0.15) is 19.8 Å². The van der Waals surface area contributed by atoms with E-state index in [9.17, 15) is 13.2 Å². The van der Waals surface area contributed by atoms with Crippen molar-refractivity contribution in [2.24, 2.45) is 5.92 Å². The third kappa shape index (κ3) is 4.49. The van der Waals surface area contributed by atoms with Gasteiger partial charge in [-0.05, 0) is 49.3 Å². The highest BCUT2D eigenvalue weighted by atomic mass is 32.2. The summed E-state index contributed by atoms with van der Waals surface area (Å²) in [6, 6.07) is 6.73. The Bertz CT molecular complexity index is 644. The molecule has 0 aliphatic carbocycles. The molecule has 0 aromatic heterocycles. The minimum Gasteiger partial charge on any atom is -0.341 e. The number of benzene rings is 1. The van der Waals surface area contributed by atoms with Crippen molar-refractivity contribution < 1.29 is 13.2 Å². The van der Waals surface area contributed by atoms with Gasteiger partial charge in [0.15, 0.2) is 0 Å². The van der Waals surface area contributed by atoms with Gasteiger partial charge in [0.05, 0.1) is 11.4 Å². The van der Waals surface area contributed by atoms with Crippen LogP contribution in [0.2, 0.25) is 0 Å². The summed E-state index contributed by atoms with van der Waals surface area (Å²) in [6.07, 6.45) is 4.05. The number of carbonyl (C=O) groups is 1. The predicted molar refractivity (Wildman–Crippen MR) is 93.0 cm³/mol. The molecule has 1 heterocycles. The molecule has 2 rings (SSSR count). The minimum absolute atomic E-state index is 0.112. The largest absolute Gasteiger partial charge is 0.341 e. The summed E-state index contributed by atoms with van der Waals surface area (Å²) in [4.78, 5) is 15.3. The molecular weight excluding hydrogens is 332 g/mol. The summed E-state index contributed by atoms with van der Waals surface area (Å²) in [5, 5.41) is 0. The van der Waals surface area contributed by atoms with Gasteiger partial charge in [-0.3, -0.25) is 4.79 Å². The van der Waals surface area contributed by atoms with Crippen LogP contribution < -0.4 is 0 Å². The van der Waals surface area contributed by atoms with Crippen LogP contribution in [-0.2, 0) is 14.8 Å². The number of rotatable bonds is 5. The Kier molecular flexibility index (Phi) is 6.11. The van der Waals surface area contributed by atoms with E-state index in [2.05, 4.69) is 6.92 Å². The second-order valence-electron chi connectivity index (χ2n) is 6.02. The van der Waals surface area contributed by atoms with E-state index in [0.717, 1.165) is 35.1 Å². The molecule has 0 bridgehead atoms. The van der Waals surface area contributed by atoms with Gasteiger partial charge < -0.3 is 4.90 Å². The maximum atomic E-state index is 12.6. The lowest BCUT2D eigenvalue weighted by molar-refractivity contribution is -0.132. The highest BCUT2D eigenvalue weighted by Gasteiger charge is 2.27. The van der Waals surface area contributed by atoms with E-state index in [1.165, 1.54) is 7.05 Å². The zero-order valence-electron chi connectivity index (χ0n) is 13.9. The Labute approximate surface area is 143 Å². The number of likely N-dealkylation sites (tertiary alicyclic amines) is 1. The molecule has 1 aliphatic heterocycles. The van der Waals surface area contributed by atoms with E-state index >= 15 is 0 Å². The number of thioether (sulfide) groups is 1. The molecule has 1 saturated heterocycles. The van der Waals surface area contributed by atoms with E-state index in [0.29, 0.717) is 5.92 Å². The lowest BCUT2D eigenvalue weighted by atomic mass is 10.0. The molecule has 128 valence electrons. The number of hydrogen-bond acceptors (Lipinski definition) is 4. The third-order valence-corrected chi connectivity index (χ3v) is 6.70. The Hall–Kier alpha value is -1.05. The van der Waals surface area contributed by atoms with E-state index in [4.69, 9.17) is 0 Å². The van der Waals surface area contributed by atoms with Gasteiger partial charge in [0.1, 0.15) is 0 Å². The maximum Gasteiger partial charge on any atom is 0.243 e. The van der Waals surface area contributed by atoms with E-state index in [-0.39, 0.29) is 17.3 Å². The number of carbonyl (C=O) groups excluding carboxylic acids is 1. The fraction of sp³-hybridized carbons (Fsp3) is 0.562. The first-order chi connectivity index (χ1) is 10.8. The number of likely N-dealkylation sites (N-methyl/N-ethyl adjacent to an activating group) is 1. The van der Waals surface area contributed by atoms with Gasteiger partial charge >= 0.3 is 0 Å². The van der Waals surface area contributed by atoms with Crippen molar-refractivity contribution in [3.05, 3.63) is 24.3 Å². The SMILES string of the molecule is CSc1ccc(S(=O)(=O)N(C)CC(=O)N2CCC[C@H](C)C2)cc1. The topological polar surface area (TPSA) is 57.7 Å². The fourth-order valence-corrected chi connectivity index (χ4v) is 4.25. The molecule has 0 N–H and O–H groups in total. The zero-order valence-corrected chi connectivity index (χ0v) is 15.5. The molecule has 0 radical (unpaired) electrons. The van der Waals surface area contributed by atoms with Gasteiger partial charge in [-0.25, -0.2) is 8.42 Å². The van der Waals surface area contributed by atoms with Crippen LogP contribution in [-0.4, -0.2) is 56.5 Å². The van der Waals surface area contributed by atoms with Gasteiger partial charge in [0.25, 0.3) is 0 Å². The molecule has 1 aliphatic rings. The minimum atomic E-state index is -3.63. The number of hydrogen-bond donors (Lipinski definition) is 0. The van der Waals surface area contributed by atoms with Crippen molar-refractivity contribution >= 4 is 27.7 Å². The lowest BCUT2D eigenvalue weighted by Gasteiger charge is -2.32. The van der Waals surface area contributed by atoms with Crippen LogP contribution in [0, 0.1) is 5.92 Å². The zero-order chi connectivity index (χ0) is 17.0. The number of nitrogens with zero attached hydrogens (tertiary/aromatic N) is 2. The second-order valence-corrected chi connectivity index (χ2v) is 8.95. The summed E-state index contributed by atoms with van der Waals surface area (Å²) in [5.41, 5.74) is 0. The van der Waals surface area contributed by atoms with Crippen LogP contribution in [0.5, 0.6) is 0 Å². The normalized spacial score (nSPS) is 19.1. The molecule has 1 aromatic rings. The molecule has 1 fully saturated rings.